The Labute approximate surface area is 146 Å². The molecule has 1 N–H and O–H groups in total. The third-order valence-corrected chi connectivity index (χ3v) is 5.65. The number of carbonyl (C=O) groups excluding carboxylic acids is 1. The average molecular weight is 355 g/mol. The van der Waals surface area contributed by atoms with Gasteiger partial charge < -0.3 is 5.32 Å². The van der Waals surface area contributed by atoms with Gasteiger partial charge in [-0.3, -0.25) is 4.79 Å². The van der Waals surface area contributed by atoms with E-state index in [9.17, 15) is 13.2 Å². The minimum absolute atomic E-state index is 0.142. The van der Waals surface area contributed by atoms with Gasteiger partial charge in [-0.25, -0.2) is 8.42 Å². The fourth-order valence-electron chi connectivity index (χ4n) is 2.44. The van der Waals surface area contributed by atoms with Gasteiger partial charge in [0, 0.05) is 7.05 Å². The maximum Gasteiger partial charge on any atom is 0.235 e. The lowest BCUT2D eigenvalue weighted by molar-refractivity contribution is -0.122. The molecule has 1 amide bonds. The minimum atomic E-state index is -3.36. The summed E-state index contributed by atoms with van der Waals surface area (Å²) in [6.07, 6.45) is 2.18. The van der Waals surface area contributed by atoms with E-state index in [0.717, 1.165) is 22.5 Å². The molecule has 1 rings (SSSR count). The van der Waals surface area contributed by atoms with E-state index in [1.807, 2.05) is 26.0 Å². The van der Waals surface area contributed by atoms with Crippen molar-refractivity contribution < 1.29 is 13.2 Å². The van der Waals surface area contributed by atoms with E-state index in [0.29, 0.717) is 5.92 Å². The molecule has 0 saturated carbocycles. The van der Waals surface area contributed by atoms with Gasteiger partial charge in [0.15, 0.2) is 0 Å². The summed E-state index contributed by atoms with van der Waals surface area (Å²) in [4.78, 5) is 12.2. The predicted octanol–water partition coefficient (Wildman–Crippen LogP) is 2.90. The van der Waals surface area contributed by atoms with Gasteiger partial charge in [0.25, 0.3) is 0 Å². The summed E-state index contributed by atoms with van der Waals surface area (Å²) in [6, 6.07) is 8.16. The van der Waals surface area contributed by atoms with Crippen molar-refractivity contribution >= 4 is 15.9 Å². The normalized spacial score (nSPS) is 14.7. The number of carbonyl (C=O) groups is 1. The van der Waals surface area contributed by atoms with Crippen LogP contribution >= 0.6 is 0 Å². The number of amides is 1. The molecule has 0 saturated heterocycles. The molecule has 0 heterocycles. The predicted molar refractivity (Wildman–Crippen MR) is 98.3 cm³/mol. The van der Waals surface area contributed by atoms with Gasteiger partial charge >= 0.3 is 0 Å². The van der Waals surface area contributed by atoms with Crippen LogP contribution in [0, 0.1) is 5.92 Å². The van der Waals surface area contributed by atoms with Crippen molar-refractivity contribution in [3.05, 3.63) is 35.4 Å². The molecule has 6 heteroatoms. The quantitative estimate of drug-likeness (QED) is 0.780. The van der Waals surface area contributed by atoms with Crippen LogP contribution in [-0.2, 0) is 14.8 Å². The third-order valence-electron chi connectivity index (χ3n) is 4.39. The molecule has 0 aliphatic rings. The first kappa shape index (κ1) is 20.6. The zero-order valence-electron chi connectivity index (χ0n) is 15.5. The highest BCUT2D eigenvalue weighted by atomic mass is 32.2. The maximum absolute atomic E-state index is 12.2. The standard InChI is InChI=1S/C18H30N2O3S/c1-7-14(4)15-8-10-16(11-9-15)18(13(2)3)19-17(21)12-20(5)24(6,22)23/h8-11,13-14,18H,7,12H2,1-6H3,(H,19,21)/t14-,18-/m0/s1. The summed E-state index contributed by atoms with van der Waals surface area (Å²) in [5, 5.41) is 2.95. The number of benzene rings is 1. The molecule has 136 valence electrons. The van der Waals surface area contributed by atoms with E-state index in [4.69, 9.17) is 0 Å². The molecular formula is C18H30N2O3S. The number of nitrogens with zero attached hydrogens (tertiary/aromatic N) is 1. The molecule has 0 radical (unpaired) electrons. The highest BCUT2D eigenvalue weighted by molar-refractivity contribution is 7.88. The lowest BCUT2D eigenvalue weighted by Crippen LogP contribution is -2.40. The van der Waals surface area contributed by atoms with Crippen LogP contribution in [-0.4, -0.2) is 38.5 Å². The highest BCUT2D eigenvalue weighted by Gasteiger charge is 2.21. The first-order chi connectivity index (χ1) is 11.1. The van der Waals surface area contributed by atoms with Crippen LogP contribution in [0.3, 0.4) is 0 Å². The van der Waals surface area contributed by atoms with Crippen molar-refractivity contribution in [3.63, 3.8) is 0 Å². The van der Waals surface area contributed by atoms with Crippen molar-refractivity contribution in [1.29, 1.82) is 0 Å². The molecule has 0 unspecified atom stereocenters. The molecule has 5 nitrogen and oxygen atoms in total. The van der Waals surface area contributed by atoms with Gasteiger partial charge in [0.1, 0.15) is 0 Å². The fourth-order valence-corrected chi connectivity index (χ4v) is 2.79. The lowest BCUT2D eigenvalue weighted by atomic mass is 9.92. The summed E-state index contributed by atoms with van der Waals surface area (Å²) in [5.41, 5.74) is 2.32. The summed E-state index contributed by atoms with van der Waals surface area (Å²) < 4.78 is 23.9. The molecule has 0 spiro atoms. The molecule has 0 aliphatic heterocycles. The molecular weight excluding hydrogens is 324 g/mol. The highest BCUT2D eigenvalue weighted by Crippen LogP contribution is 2.25. The summed E-state index contributed by atoms with van der Waals surface area (Å²) >= 11 is 0. The van der Waals surface area contributed by atoms with Crippen molar-refractivity contribution in [3.8, 4) is 0 Å². The molecule has 0 aliphatic carbocycles. The van der Waals surface area contributed by atoms with Crippen molar-refractivity contribution in [1.82, 2.24) is 9.62 Å². The molecule has 1 aromatic rings. The van der Waals surface area contributed by atoms with Gasteiger partial charge in [0.2, 0.25) is 15.9 Å². The van der Waals surface area contributed by atoms with Crippen LogP contribution in [0.4, 0.5) is 0 Å². The summed E-state index contributed by atoms with van der Waals surface area (Å²) in [6.45, 7) is 8.25. The lowest BCUT2D eigenvalue weighted by Gasteiger charge is -2.24. The van der Waals surface area contributed by atoms with Gasteiger partial charge in [-0.15, -0.1) is 0 Å². The first-order valence-electron chi connectivity index (χ1n) is 8.36. The van der Waals surface area contributed by atoms with E-state index in [-0.39, 0.29) is 24.4 Å². The topological polar surface area (TPSA) is 66.5 Å². The number of nitrogens with one attached hydrogen (secondary N) is 1. The monoisotopic (exact) mass is 354 g/mol. The van der Waals surface area contributed by atoms with Crippen LogP contribution < -0.4 is 5.32 Å². The van der Waals surface area contributed by atoms with Crippen LogP contribution in [0.5, 0.6) is 0 Å². The van der Waals surface area contributed by atoms with E-state index in [1.165, 1.54) is 12.6 Å². The molecule has 0 fully saturated rings. The average Bonchev–Trinajstić information content (AvgIpc) is 2.50. The smallest absolute Gasteiger partial charge is 0.235 e. The maximum atomic E-state index is 12.2. The SMILES string of the molecule is CC[C@H](C)c1ccc([C@@H](NC(=O)CN(C)S(C)(=O)=O)C(C)C)cc1. The van der Waals surface area contributed by atoms with E-state index >= 15 is 0 Å². The Morgan fingerprint density at radius 1 is 1.12 bits per heavy atom. The van der Waals surface area contributed by atoms with Crippen LogP contribution in [0.2, 0.25) is 0 Å². The number of hydrogen-bond acceptors (Lipinski definition) is 3. The van der Waals surface area contributed by atoms with E-state index in [2.05, 4.69) is 31.3 Å². The van der Waals surface area contributed by atoms with E-state index < -0.39 is 10.0 Å². The van der Waals surface area contributed by atoms with Crippen molar-refractivity contribution in [2.45, 2.75) is 46.1 Å². The molecule has 24 heavy (non-hydrogen) atoms. The number of hydrogen-bond donors (Lipinski definition) is 1. The molecule has 0 aromatic heterocycles. The largest absolute Gasteiger partial charge is 0.348 e. The van der Waals surface area contributed by atoms with Gasteiger partial charge in [-0.05, 0) is 29.4 Å². The van der Waals surface area contributed by atoms with Gasteiger partial charge in [-0.2, -0.15) is 4.31 Å². The third kappa shape index (κ3) is 5.91. The Kier molecular flexibility index (Phi) is 7.42. The first-order valence-corrected chi connectivity index (χ1v) is 10.2. The zero-order valence-corrected chi connectivity index (χ0v) is 16.4. The van der Waals surface area contributed by atoms with Crippen LogP contribution in [0.1, 0.15) is 57.2 Å². The minimum Gasteiger partial charge on any atom is -0.348 e. The Morgan fingerprint density at radius 2 is 1.62 bits per heavy atom. The zero-order chi connectivity index (χ0) is 18.5. The second-order valence-electron chi connectivity index (χ2n) is 6.78. The van der Waals surface area contributed by atoms with Crippen molar-refractivity contribution in [2.75, 3.05) is 19.8 Å². The number of rotatable bonds is 8. The van der Waals surface area contributed by atoms with Crippen LogP contribution in [0.15, 0.2) is 24.3 Å². The Balaban J connectivity index is 2.86. The number of likely N-dealkylation sites (N-methyl/N-ethyl adjacent to an activating group) is 1. The fraction of sp³-hybridized carbons (Fsp3) is 0.611. The van der Waals surface area contributed by atoms with Gasteiger partial charge in [0.05, 0.1) is 18.8 Å². The molecule has 2 atom stereocenters. The molecule has 0 bridgehead atoms. The molecule has 1 aromatic carbocycles. The number of sulfonamides is 1. The second kappa shape index (κ2) is 8.62. The Morgan fingerprint density at radius 3 is 2.04 bits per heavy atom. The second-order valence-corrected chi connectivity index (χ2v) is 8.87. The Bertz CT molecular complexity index is 639. The van der Waals surface area contributed by atoms with Crippen LogP contribution in [0.25, 0.3) is 0 Å². The van der Waals surface area contributed by atoms with E-state index in [1.54, 1.807) is 0 Å². The Hall–Kier alpha value is -1.40. The summed E-state index contributed by atoms with van der Waals surface area (Å²) in [7, 11) is -1.96. The summed E-state index contributed by atoms with van der Waals surface area (Å²) in [5.74, 6) is 0.411. The van der Waals surface area contributed by atoms with Crippen molar-refractivity contribution in [2.24, 2.45) is 5.92 Å². The van der Waals surface area contributed by atoms with Gasteiger partial charge in [-0.1, -0.05) is 52.0 Å².